The summed E-state index contributed by atoms with van der Waals surface area (Å²) < 4.78 is 7.80. The van der Waals surface area contributed by atoms with Gasteiger partial charge in [0.15, 0.2) is 0 Å². The Hall–Kier alpha value is -2.21. The highest BCUT2D eigenvalue weighted by atomic mass is 16.5. The summed E-state index contributed by atoms with van der Waals surface area (Å²) in [6.07, 6.45) is 8.06. The zero-order valence-electron chi connectivity index (χ0n) is 14.2. The maximum absolute atomic E-state index is 12.6. The predicted molar refractivity (Wildman–Crippen MR) is 90.7 cm³/mol. The first kappa shape index (κ1) is 16.6. The molecule has 2 aromatic rings. The zero-order chi connectivity index (χ0) is 16.9. The van der Waals surface area contributed by atoms with E-state index in [0.29, 0.717) is 12.3 Å². The van der Waals surface area contributed by atoms with Crippen LogP contribution in [0.3, 0.4) is 0 Å². The number of amides is 1. The van der Waals surface area contributed by atoms with Crippen LogP contribution in [0.15, 0.2) is 30.7 Å². The fraction of sp³-hybridized carbons (Fsp3) is 0.500. The molecule has 0 radical (unpaired) electrons. The lowest BCUT2D eigenvalue weighted by Crippen LogP contribution is -2.43. The van der Waals surface area contributed by atoms with E-state index in [2.05, 4.69) is 22.3 Å². The third-order valence-corrected chi connectivity index (χ3v) is 4.41. The van der Waals surface area contributed by atoms with E-state index in [1.807, 2.05) is 36.1 Å². The van der Waals surface area contributed by atoms with Crippen molar-refractivity contribution in [2.45, 2.75) is 51.8 Å². The summed E-state index contributed by atoms with van der Waals surface area (Å²) in [5.41, 5.74) is 2.58. The molecule has 0 spiro atoms. The predicted octanol–water partition coefficient (Wildman–Crippen LogP) is 2.51. The number of carbonyl (C=O) groups is 1. The SMILES string of the molecule is CCc1ccnc(C(=O)N[C@@H]2CCCO[C@H]2c2cnn(CC)c2)c1. The first-order valence-corrected chi connectivity index (χ1v) is 8.61. The monoisotopic (exact) mass is 328 g/mol. The minimum atomic E-state index is -0.155. The van der Waals surface area contributed by atoms with E-state index in [-0.39, 0.29) is 18.1 Å². The normalized spacial score (nSPS) is 20.8. The first-order valence-electron chi connectivity index (χ1n) is 8.61. The Kier molecular flexibility index (Phi) is 5.25. The summed E-state index contributed by atoms with van der Waals surface area (Å²) in [5, 5.41) is 7.41. The van der Waals surface area contributed by atoms with Crippen LogP contribution >= 0.6 is 0 Å². The van der Waals surface area contributed by atoms with Crippen LogP contribution in [-0.2, 0) is 17.7 Å². The molecule has 1 aliphatic heterocycles. The third kappa shape index (κ3) is 3.64. The fourth-order valence-corrected chi connectivity index (χ4v) is 3.02. The Morgan fingerprint density at radius 2 is 2.33 bits per heavy atom. The molecule has 1 fully saturated rings. The second-order valence-corrected chi connectivity index (χ2v) is 6.05. The van der Waals surface area contributed by atoms with Crippen LogP contribution in [0, 0.1) is 0 Å². The van der Waals surface area contributed by atoms with Gasteiger partial charge < -0.3 is 10.1 Å². The molecule has 0 aliphatic carbocycles. The molecule has 1 aliphatic rings. The minimum Gasteiger partial charge on any atom is -0.371 e. The van der Waals surface area contributed by atoms with Crippen molar-refractivity contribution >= 4 is 5.91 Å². The van der Waals surface area contributed by atoms with Crippen molar-refractivity contribution in [1.82, 2.24) is 20.1 Å². The molecule has 6 heteroatoms. The van der Waals surface area contributed by atoms with E-state index in [1.54, 1.807) is 6.20 Å². The van der Waals surface area contributed by atoms with Crippen LogP contribution in [0.1, 0.15) is 54.4 Å². The van der Waals surface area contributed by atoms with Gasteiger partial charge in [0, 0.05) is 31.1 Å². The highest BCUT2D eigenvalue weighted by Gasteiger charge is 2.30. The third-order valence-electron chi connectivity index (χ3n) is 4.41. The quantitative estimate of drug-likeness (QED) is 0.915. The maximum Gasteiger partial charge on any atom is 0.270 e. The van der Waals surface area contributed by atoms with Gasteiger partial charge in [0.25, 0.3) is 5.91 Å². The second-order valence-electron chi connectivity index (χ2n) is 6.05. The number of rotatable bonds is 5. The van der Waals surface area contributed by atoms with E-state index in [4.69, 9.17) is 4.74 Å². The maximum atomic E-state index is 12.6. The fourth-order valence-electron chi connectivity index (χ4n) is 3.02. The second kappa shape index (κ2) is 7.57. The van der Waals surface area contributed by atoms with Gasteiger partial charge in [0.2, 0.25) is 0 Å². The standard InChI is InChI=1S/C18H24N4O2/c1-3-13-7-8-19-16(10-13)18(23)21-15-6-5-9-24-17(15)14-11-20-22(4-2)12-14/h7-8,10-12,15,17H,3-6,9H2,1-2H3,(H,21,23)/t15-,17+/m1/s1. The number of nitrogens with zero attached hydrogens (tertiary/aromatic N) is 3. The van der Waals surface area contributed by atoms with E-state index >= 15 is 0 Å². The van der Waals surface area contributed by atoms with Gasteiger partial charge >= 0.3 is 0 Å². The zero-order valence-corrected chi connectivity index (χ0v) is 14.2. The molecule has 1 amide bonds. The lowest BCUT2D eigenvalue weighted by molar-refractivity contribution is -0.00956. The van der Waals surface area contributed by atoms with E-state index < -0.39 is 0 Å². The smallest absolute Gasteiger partial charge is 0.270 e. The number of aryl methyl sites for hydroxylation is 2. The summed E-state index contributed by atoms with van der Waals surface area (Å²) in [5.74, 6) is -0.145. The van der Waals surface area contributed by atoms with Gasteiger partial charge in [-0.15, -0.1) is 0 Å². The molecule has 24 heavy (non-hydrogen) atoms. The van der Waals surface area contributed by atoms with Crippen molar-refractivity contribution in [2.24, 2.45) is 0 Å². The molecule has 1 saturated heterocycles. The van der Waals surface area contributed by atoms with E-state index in [0.717, 1.165) is 36.9 Å². The van der Waals surface area contributed by atoms with Gasteiger partial charge in [-0.05, 0) is 43.9 Å². The van der Waals surface area contributed by atoms with Crippen LogP contribution in [-0.4, -0.2) is 33.3 Å². The number of nitrogens with one attached hydrogen (secondary N) is 1. The number of aromatic nitrogens is 3. The molecule has 3 rings (SSSR count). The Labute approximate surface area is 142 Å². The Bertz CT molecular complexity index is 698. The number of hydrogen-bond donors (Lipinski definition) is 1. The number of carbonyl (C=O) groups excluding carboxylic acids is 1. The summed E-state index contributed by atoms with van der Waals surface area (Å²) in [6.45, 7) is 5.63. The van der Waals surface area contributed by atoms with Crippen molar-refractivity contribution in [3.63, 3.8) is 0 Å². The molecular weight excluding hydrogens is 304 g/mol. The van der Waals surface area contributed by atoms with Crippen LogP contribution in [0.5, 0.6) is 0 Å². The largest absolute Gasteiger partial charge is 0.371 e. The highest BCUT2D eigenvalue weighted by Crippen LogP contribution is 2.28. The molecule has 1 N–H and O–H groups in total. The molecule has 2 aromatic heterocycles. The Morgan fingerprint density at radius 1 is 1.46 bits per heavy atom. The first-order chi connectivity index (χ1) is 11.7. The lowest BCUT2D eigenvalue weighted by Gasteiger charge is -2.31. The van der Waals surface area contributed by atoms with Crippen molar-refractivity contribution < 1.29 is 9.53 Å². The number of ether oxygens (including phenoxy) is 1. The Morgan fingerprint density at radius 3 is 3.08 bits per heavy atom. The minimum absolute atomic E-state index is 0.0622. The summed E-state index contributed by atoms with van der Waals surface area (Å²) in [4.78, 5) is 16.8. The van der Waals surface area contributed by atoms with Gasteiger partial charge in [-0.2, -0.15) is 5.10 Å². The van der Waals surface area contributed by atoms with Gasteiger partial charge in [0.05, 0.1) is 12.2 Å². The summed E-state index contributed by atoms with van der Waals surface area (Å²) >= 11 is 0. The lowest BCUT2D eigenvalue weighted by atomic mass is 9.98. The molecule has 128 valence electrons. The average molecular weight is 328 g/mol. The topological polar surface area (TPSA) is 69.0 Å². The molecule has 6 nitrogen and oxygen atoms in total. The van der Waals surface area contributed by atoms with Crippen molar-refractivity contribution in [3.8, 4) is 0 Å². The van der Waals surface area contributed by atoms with Gasteiger partial charge in [-0.3, -0.25) is 14.5 Å². The molecule has 0 saturated carbocycles. The molecule has 0 bridgehead atoms. The molecule has 3 heterocycles. The average Bonchev–Trinajstić information content (AvgIpc) is 3.11. The molecular formula is C18H24N4O2. The van der Waals surface area contributed by atoms with Gasteiger partial charge in [0.1, 0.15) is 11.8 Å². The molecule has 2 atom stereocenters. The number of hydrogen-bond acceptors (Lipinski definition) is 4. The van der Waals surface area contributed by atoms with Gasteiger partial charge in [-0.1, -0.05) is 6.92 Å². The number of pyridine rings is 1. The van der Waals surface area contributed by atoms with Crippen LogP contribution in [0.4, 0.5) is 0 Å². The van der Waals surface area contributed by atoms with Crippen LogP contribution < -0.4 is 5.32 Å². The van der Waals surface area contributed by atoms with E-state index in [1.165, 1.54) is 0 Å². The van der Waals surface area contributed by atoms with Gasteiger partial charge in [-0.25, -0.2) is 0 Å². The highest BCUT2D eigenvalue weighted by molar-refractivity contribution is 5.92. The summed E-state index contributed by atoms with van der Waals surface area (Å²) in [7, 11) is 0. The van der Waals surface area contributed by atoms with Crippen LogP contribution in [0.2, 0.25) is 0 Å². The summed E-state index contributed by atoms with van der Waals surface area (Å²) in [6, 6.07) is 3.72. The van der Waals surface area contributed by atoms with Crippen molar-refractivity contribution in [2.75, 3.05) is 6.61 Å². The van der Waals surface area contributed by atoms with E-state index in [9.17, 15) is 4.79 Å². The Balaban J connectivity index is 1.74. The van der Waals surface area contributed by atoms with Crippen LogP contribution in [0.25, 0.3) is 0 Å². The van der Waals surface area contributed by atoms with Crippen molar-refractivity contribution in [3.05, 3.63) is 47.5 Å². The molecule has 0 aromatic carbocycles. The van der Waals surface area contributed by atoms with Crippen molar-refractivity contribution in [1.29, 1.82) is 0 Å². The molecule has 0 unspecified atom stereocenters.